The van der Waals surface area contributed by atoms with Gasteiger partial charge in [-0.25, -0.2) is 4.79 Å². The Kier molecular flexibility index (Phi) is 3.63. The number of rotatable bonds is 4. The van der Waals surface area contributed by atoms with E-state index in [1.165, 1.54) is 0 Å². The summed E-state index contributed by atoms with van der Waals surface area (Å²) in [4.78, 5) is 10.5. The number of carbonyl (C=O) groups is 1. The highest BCUT2D eigenvalue weighted by molar-refractivity contribution is 5.68. The predicted octanol–water partition coefficient (Wildman–Crippen LogP) is 0.777. The highest BCUT2D eigenvalue weighted by atomic mass is 16.5. The Balaban J connectivity index is 2.11. The van der Waals surface area contributed by atoms with Crippen molar-refractivity contribution in [1.82, 2.24) is 9.78 Å². The number of hydrogen-bond donors (Lipinski definition) is 1. The molecule has 0 atom stereocenters. The van der Waals surface area contributed by atoms with Gasteiger partial charge in [-0.05, 0) is 12.8 Å². The van der Waals surface area contributed by atoms with Crippen LogP contribution in [-0.4, -0.2) is 40.7 Å². The number of carboxylic acids is 1. The average Bonchev–Trinajstić information content (AvgIpc) is 2.69. The van der Waals surface area contributed by atoms with E-state index in [0.29, 0.717) is 11.7 Å². The standard InChI is InChI=1S/C11H16N2O4/c1-13-6-9(17-7-10(14)15)11(12-13)8-2-4-16-5-3-8/h6,8H,2-5,7H2,1H3,(H,14,15). The third-order valence-electron chi connectivity index (χ3n) is 2.78. The Morgan fingerprint density at radius 3 is 3.00 bits per heavy atom. The Labute approximate surface area is 99.1 Å². The summed E-state index contributed by atoms with van der Waals surface area (Å²) in [5.74, 6) is -0.109. The van der Waals surface area contributed by atoms with Crippen LogP contribution in [-0.2, 0) is 16.6 Å². The smallest absolute Gasteiger partial charge is 0.341 e. The molecule has 94 valence electrons. The summed E-state index contributed by atoms with van der Waals surface area (Å²) in [6.45, 7) is 1.11. The highest BCUT2D eigenvalue weighted by Gasteiger charge is 2.23. The summed E-state index contributed by atoms with van der Waals surface area (Å²) in [6.07, 6.45) is 3.52. The van der Waals surface area contributed by atoms with Crippen LogP contribution in [0.3, 0.4) is 0 Å². The van der Waals surface area contributed by atoms with Crippen molar-refractivity contribution >= 4 is 5.97 Å². The Morgan fingerprint density at radius 1 is 1.65 bits per heavy atom. The quantitative estimate of drug-likeness (QED) is 0.841. The maximum absolute atomic E-state index is 10.5. The van der Waals surface area contributed by atoms with Crippen LogP contribution in [0.2, 0.25) is 0 Å². The second kappa shape index (κ2) is 5.18. The van der Waals surface area contributed by atoms with E-state index in [0.717, 1.165) is 31.7 Å². The predicted molar refractivity (Wildman–Crippen MR) is 59.1 cm³/mol. The minimum Gasteiger partial charge on any atom is -0.479 e. The van der Waals surface area contributed by atoms with Crippen molar-refractivity contribution in [2.75, 3.05) is 19.8 Å². The number of carboxylic acid groups (broad SMARTS) is 1. The fraction of sp³-hybridized carbons (Fsp3) is 0.636. The number of aliphatic carboxylic acids is 1. The van der Waals surface area contributed by atoms with E-state index in [9.17, 15) is 4.79 Å². The Hall–Kier alpha value is -1.56. The molecule has 2 rings (SSSR count). The van der Waals surface area contributed by atoms with Crippen LogP contribution in [0.4, 0.5) is 0 Å². The molecule has 6 heteroatoms. The first-order valence-corrected chi connectivity index (χ1v) is 5.62. The number of aryl methyl sites for hydroxylation is 1. The summed E-state index contributed by atoms with van der Waals surface area (Å²) in [5, 5.41) is 13.0. The molecule has 1 aromatic rings. The lowest BCUT2D eigenvalue weighted by Gasteiger charge is -2.21. The van der Waals surface area contributed by atoms with Gasteiger partial charge in [0.15, 0.2) is 12.4 Å². The molecule has 1 aliphatic rings. The largest absolute Gasteiger partial charge is 0.479 e. The lowest BCUT2D eigenvalue weighted by molar-refractivity contribution is -0.139. The second-order valence-electron chi connectivity index (χ2n) is 4.12. The normalized spacial score (nSPS) is 17.0. The number of hydrogen-bond acceptors (Lipinski definition) is 4. The molecule has 1 fully saturated rings. The maximum Gasteiger partial charge on any atom is 0.341 e. The van der Waals surface area contributed by atoms with Gasteiger partial charge in [-0.1, -0.05) is 0 Å². The lowest BCUT2D eigenvalue weighted by atomic mass is 9.96. The van der Waals surface area contributed by atoms with E-state index < -0.39 is 5.97 Å². The van der Waals surface area contributed by atoms with Crippen molar-refractivity contribution in [3.8, 4) is 5.75 Å². The van der Waals surface area contributed by atoms with Gasteiger partial charge in [0, 0.05) is 26.2 Å². The van der Waals surface area contributed by atoms with Crippen LogP contribution in [0.15, 0.2) is 6.20 Å². The zero-order chi connectivity index (χ0) is 12.3. The molecule has 1 N–H and O–H groups in total. The zero-order valence-corrected chi connectivity index (χ0v) is 9.76. The number of nitrogens with zero attached hydrogens (tertiary/aromatic N) is 2. The molecule has 6 nitrogen and oxygen atoms in total. The summed E-state index contributed by atoms with van der Waals surface area (Å²) in [6, 6.07) is 0. The van der Waals surface area contributed by atoms with Gasteiger partial charge < -0.3 is 14.6 Å². The molecule has 0 aromatic carbocycles. The van der Waals surface area contributed by atoms with Gasteiger partial charge in [-0.2, -0.15) is 5.10 Å². The van der Waals surface area contributed by atoms with Crippen molar-refractivity contribution in [2.24, 2.45) is 7.05 Å². The first-order chi connectivity index (χ1) is 8.16. The van der Waals surface area contributed by atoms with Gasteiger partial charge in [-0.3, -0.25) is 4.68 Å². The molecule has 1 saturated heterocycles. The average molecular weight is 240 g/mol. The first-order valence-electron chi connectivity index (χ1n) is 5.62. The molecule has 0 radical (unpaired) electrons. The molecule has 2 heterocycles. The van der Waals surface area contributed by atoms with E-state index in [2.05, 4.69) is 5.10 Å². The highest BCUT2D eigenvalue weighted by Crippen LogP contribution is 2.32. The molecular formula is C11H16N2O4. The molecule has 0 aliphatic carbocycles. The van der Waals surface area contributed by atoms with Gasteiger partial charge in [-0.15, -0.1) is 0 Å². The number of ether oxygens (including phenoxy) is 2. The van der Waals surface area contributed by atoms with Crippen molar-refractivity contribution in [3.63, 3.8) is 0 Å². The molecule has 1 aliphatic heterocycles. The third-order valence-corrected chi connectivity index (χ3v) is 2.78. The van der Waals surface area contributed by atoms with Crippen LogP contribution in [0.5, 0.6) is 5.75 Å². The first kappa shape index (κ1) is 11.9. The monoisotopic (exact) mass is 240 g/mol. The molecular weight excluding hydrogens is 224 g/mol. The number of aromatic nitrogens is 2. The summed E-state index contributed by atoms with van der Waals surface area (Å²) >= 11 is 0. The van der Waals surface area contributed by atoms with Crippen molar-refractivity contribution in [1.29, 1.82) is 0 Å². The third kappa shape index (κ3) is 2.97. The van der Waals surface area contributed by atoms with Crippen molar-refractivity contribution in [3.05, 3.63) is 11.9 Å². The molecule has 0 amide bonds. The van der Waals surface area contributed by atoms with E-state index >= 15 is 0 Å². The fourth-order valence-corrected chi connectivity index (χ4v) is 1.99. The van der Waals surface area contributed by atoms with Crippen molar-refractivity contribution in [2.45, 2.75) is 18.8 Å². The second-order valence-corrected chi connectivity index (χ2v) is 4.12. The van der Waals surface area contributed by atoms with Gasteiger partial charge in [0.2, 0.25) is 0 Å². The molecule has 17 heavy (non-hydrogen) atoms. The van der Waals surface area contributed by atoms with E-state index in [1.807, 2.05) is 0 Å². The van der Waals surface area contributed by atoms with E-state index in [-0.39, 0.29) is 6.61 Å². The summed E-state index contributed by atoms with van der Waals surface area (Å²) in [5.41, 5.74) is 0.844. The SMILES string of the molecule is Cn1cc(OCC(=O)O)c(C2CCOCC2)n1. The Bertz CT molecular complexity index is 396. The molecule has 0 bridgehead atoms. The van der Waals surface area contributed by atoms with E-state index in [4.69, 9.17) is 14.6 Å². The minimum absolute atomic E-state index is 0.300. The van der Waals surface area contributed by atoms with Crippen LogP contribution < -0.4 is 4.74 Å². The van der Waals surface area contributed by atoms with Crippen LogP contribution >= 0.6 is 0 Å². The zero-order valence-electron chi connectivity index (χ0n) is 9.76. The maximum atomic E-state index is 10.5. The summed E-state index contributed by atoms with van der Waals surface area (Å²) < 4.78 is 12.2. The van der Waals surface area contributed by atoms with E-state index in [1.54, 1.807) is 17.9 Å². The van der Waals surface area contributed by atoms with Crippen LogP contribution in [0, 0.1) is 0 Å². The molecule has 0 spiro atoms. The van der Waals surface area contributed by atoms with Gasteiger partial charge >= 0.3 is 5.97 Å². The van der Waals surface area contributed by atoms with Crippen molar-refractivity contribution < 1.29 is 19.4 Å². The minimum atomic E-state index is -0.980. The van der Waals surface area contributed by atoms with Crippen LogP contribution in [0.25, 0.3) is 0 Å². The van der Waals surface area contributed by atoms with Gasteiger partial charge in [0.05, 0.1) is 6.20 Å². The van der Waals surface area contributed by atoms with Crippen LogP contribution in [0.1, 0.15) is 24.5 Å². The molecule has 0 unspecified atom stereocenters. The molecule has 0 saturated carbocycles. The lowest BCUT2D eigenvalue weighted by Crippen LogP contribution is -2.16. The topological polar surface area (TPSA) is 73.6 Å². The Morgan fingerprint density at radius 2 is 2.35 bits per heavy atom. The summed E-state index contributed by atoms with van der Waals surface area (Å²) in [7, 11) is 1.80. The van der Waals surface area contributed by atoms with Gasteiger partial charge in [0.25, 0.3) is 0 Å². The van der Waals surface area contributed by atoms with Gasteiger partial charge in [0.1, 0.15) is 5.69 Å². The molecule has 1 aromatic heterocycles. The fourth-order valence-electron chi connectivity index (χ4n) is 1.99.